The molecule has 2 N–H and O–H groups in total. The maximum Gasteiger partial charge on any atom is 0.494 e. The molecule has 2 fully saturated rings. The minimum atomic E-state index is -0.696. The van der Waals surface area contributed by atoms with Crippen molar-refractivity contribution >= 4 is 30.9 Å². The van der Waals surface area contributed by atoms with Crippen LogP contribution >= 0.6 is 12.4 Å². The first-order valence-electron chi connectivity index (χ1n) is 8.30. The van der Waals surface area contributed by atoms with Crippen molar-refractivity contribution in [2.24, 2.45) is 5.73 Å². The van der Waals surface area contributed by atoms with Crippen LogP contribution in [0.1, 0.15) is 44.5 Å². The van der Waals surface area contributed by atoms with Crippen LogP contribution < -0.4 is 11.2 Å². The number of rotatable bonds is 2. The molecule has 0 aromatic heterocycles. The van der Waals surface area contributed by atoms with E-state index >= 15 is 0 Å². The third-order valence-electron chi connectivity index (χ3n) is 5.20. The standard InChI is InChI=1S/C17H24BFN2O3.ClH/c1-16(2)17(3,4)24-18(23-16)12-7-11(8-13(19)9-12)15(22)21-6-5-14(20)10-21;/h7-9,14H,5-6,10,20H2,1-4H3;1H/t14-;/m0./s1. The number of nitrogens with two attached hydrogens (primary N) is 1. The van der Waals surface area contributed by atoms with Crippen LogP contribution in [0.4, 0.5) is 4.39 Å². The van der Waals surface area contributed by atoms with Gasteiger partial charge in [0.1, 0.15) is 5.82 Å². The summed E-state index contributed by atoms with van der Waals surface area (Å²) >= 11 is 0. The van der Waals surface area contributed by atoms with Crippen molar-refractivity contribution in [3.63, 3.8) is 0 Å². The van der Waals surface area contributed by atoms with Crippen LogP contribution in [0.3, 0.4) is 0 Å². The van der Waals surface area contributed by atoms with Crippen LogP contribution in [0.5, 0.6) is 0 Å². The maximum absolute atomic E-state index is 14.1. The first kappa shape index (κ1) is 20.2. The summed E-state index contributed by atoms with van der Waals surface area (Å²) in [7, 11) is -0.696. The summed E-state index contributed by atoms with van der Waals surface area (Å²) in [6.45, 7) is 8.84. The number of carbonyl (C=O) groups excluding carboxylic acids is 1. The van der Waals surface area contributed by atoms with Gasteiger partial charge in [-0.25, -0.2) is 4.39 Å². The van der Waals surface area contributed by atoms with Crippen LogP contribution in [0.2, 0.25) is 0 Å². The third-order valence-corrected chi connectivity index (χ3v) is 5.20. The van der Waals surface area contributed by atoms with Gasteiger partial charge >= 0.3 is 7.12 Å². The molecule has 138 valence electrons. The Morgan fingerprint density at radius 3 is 2.36 bits per heavy atom. The van der Waals surface area contributed by atoms with Crippen molar-refractivity contribution in [2.75, 3.05) is 13.1 Å². The van der Waals surface area contributed by atoms with E-state index in [1.54, 1.807) is 11.0 Å². The molecule has 0 unspecified atom stereocenters. The molecule has 0 saturated carbocycles. The lowest BCUT2D eigenvalue weighted by molar-refractivity contribution is 0.00578. The summed E-state index contributed by atoms with van der Waals surface area (Å²) in [6.07, 6.45) is 0.769. The lowest BCUT2D eigenvalue weighted by Crippen LogP contribution is -2.41. The van der Waals surface area contributed by atoms with Gasteiger partial charge in [0.2, 0.25) is 0 Å². The molecule has 3 rings (SSSR count). The topological polar surface area (TPSA) is 64.8 Å². The summed E-state index contributed by atoms with van der Waals surface area (Å²) in [5, 5.41) is 0. The molecule has 2 aliphatic rings. The zero-order valence-corrected chi connectivity index (χ0v) is 15.9. The largest absolute Gasteiger partial charge is 0.494 e. The van der Waals surface area contributed by atoms with E-state index in [4.69, 9.17) is 15.0 Å². The molecular formula is C17H25BClFN2O3. The van der Waals surface area contributed by atoms with Gasteiger partial charge in [0.25, 0.3) is 5.91 Å². The first-order chi connectivity index (χ1) is 11.1. The number of carbonyl (C=O) groups is 1. The molecule has 8 heteroatoms. The maximum atomic E-state index is 14.1. The van der Waals surface area contributed by atoms with E-state index in [1.807, 2.05) is 27.7 Å². The Morgan fingerprint density at radius 1 is 1.24 bits per heavy atom. The van der Waals surface area contributed by atoms with Gasteiger partial charge in [-0.2, -0.15) is 0 Å². The lowest BCUT2D eigenvalue weighted by atomic mass is 9.78. The van der Waals surface area contributed by atoms with Crippen molar-refractivity contribution in [2.45, 2.75) is 51.4 Å². The van der Waals surface area contributed by atoms with Gasteiger partial charge in [0.15, 0.2) is 0 Å². The molecule has 0 radical (unpaired) electrons. The van der Waals surface area contributed by atoms with Gasteiger partial charge in [0.05, 0.1) is 11.2 Å². The number of nitrogens with zero attached hydrogens (tertiary/aromatic N) is 1. The molecule has 1 aromatic carbocycles. The summed E-state index contributed by atoms with van der Waals surface area (Å²) in [5.41, 5.74) is 5.63. The highest BCUT2D eigenvalue weighted by Gasteiger charge is 2.51. The average Bonchev–Trinajstić information content (AvgIpc) is 2.99. The Hall–Kier alpha value is -1.15. The van der Waals surface area contributed by atoms with Gasteiger partial charge in [-0.1, -0.05) is 0 Å². The molecule has 0 aliphatic carbocycles. The molecule has 1 amide bonds. The SMILES string of the molecule is CC1(C)OB(c2cc(F)cc(C(=O)N3CC[C@H](N)C3)c2)OC1(C)C.Cl. The Morgan fingerprint density at radius 2 is 1.84 bits per heavy atom. The molecule has 0 spiro atoms. The quantitative estimate of drug-likeness (QED) is 0.805. The smallest absolute Gasteiger partial charge is 0.399 e. The Balaban J connectivity index is 0.00000225. The number of amides is 1. The van der Waals surface area contributed by atoms with Crippen molar-refractivity contribution in [1.29, 1.82) is 0 Å². The normalized spacial score (nSPS) is 24.3. The molecule has 5 nitrogen and oxygen atoms in total. The minimum Gasteiger partial charge on any atom is -0.399 e. The van der Waals surface area contributed by atoms with Crippen LogP contribution in [0, 0.1) is 5.82 Å². The molecular weight excluding hydrogens is 345 g/mol. The van der Waals surface area contributed by atoms with Crippen LogP contribution in [0.15, 0.2) is 18.2 Å². The van der Waals surface area contributed by atoms with E-state index in [1.165, 1.54) is 12.1 Å². The predicted molar refractivity (Wildman–Crippen MR) is 97.9 cm³/mol. The van der Waals surface area contributed by atoms with Crippen LogP contribution in [-0.2, 0) is 9.31 Å². The molecule has 1 atom stereocenters. The van der Waals surface area contributed by atoms with Crippen molar-refractivity contribution < 1.29 is 18.5 Å². The fraction of sp³-hybridized carbons (Fsp3) is 0.588. The lowest BCUT2D eigenvalue weighted by Gasteiger charge is -2.32. The molecule has 1 aromatic rings. The monoisotopic (exact) mass is 370 g/mol. The van der Waals surface area contributed by atoms with Crippen LogP contribution in [0.25, 0.3) is 0 Å². The highest BCUT2D eigenvalue weighted by molar-refractivity contribution is 6.62. The number of hydrogen-bond acceptors (Lipinski definition) is 4. The highest BCUT2D eigenvalue weighted by atomic mass is 35.5. The summed E-state index contributed by atoms with van der Waals surface area (Å²) in [5.74, 6) is -0.686. The van der Waals surface area contributed by atoms with Gasteiger partial charge in [0, 0.05) is 24.7 Å². The summed E-state index contributed by atoms with van der Waals surface area (Å²) in [6, 6.07) is 4.25. The summed E-state index contributed by atoms with van der Waals surface area (Å²) in [4.78, 5) is 14.2. The first-order valence-corrected chi connectivity index (χ1v) is 8.30. The molecule has 2 aliphatic heterocycles. The average molecular weight is 371 g/mol. The van der Waals surface area contributed by atoms with Crippen molar-refractivity contribution in [1.82, 2.24) is 4.90 Å². The molecule has 25 heavy (non-hydrogen) atoms. The second-order valence-electron chi connectivity index (χ2n) is 7.66. The van der Waals surface area contributed by atoms with Gasteiger partial charge < -0.3 is 19.9 Å². The van der Waals surface area contributed by atoms with E-state index in [2.05, 4.69) is 0 Å². The number of benzene rings is 1. The number of hydrogen-bond donors (Lipinski definition) is 1. The van der Waals surface area contributed by atoms with E-state index in [9.17, 15) is 9.18 Å². The second-order valence-corrected chi connectivity index (χ2v) is 7.66. The fourth-order valence-corrected chi connectivity index (χ4v) is 3.01. The highest BCUT2D eigenvalue weighted by Crippen LogP contribution is 2.36. The Bertz CT molecular complexity index is 655. The van der Waals surface area contributed by atoms with E-state index < -0.39 is 24.1 Å². The van der Waals surface area contributed by atoms with Crippen molar-refractivity contribution in [3.05, 3.63) is 29.6 Å². The molecule has 2 saturated heterocycles. The summed E-state index contributed by atoms with van der Waals surface area (Å²) < 4.78 is 26.0. The zero-order valence-electron chi connectivity index (χ0n) is 15.0. The van der Waals surface area contributed by atoms with E-state index in [0.29, 0.717) is 24.1 Å². The number of likely N-dealkylation sites (tertiary alicyclic amines) is 1. The van der Waals surface area contributed by atoms with Crippen molar-refractivity contribution in [3.8, 4) is 0 Å². The Labute approximate surface area is 154 Å². The number of halogens is 2. The van der Waals surface area contributed by atoms with Gasteiger partial charge in [-0.05, 0) is 57.8 Å². The third kappa shape index (κ3) is 3.84. The molecule has 2 heterocycles. The zero-order chi connectivity index (χ0) is 17.7. The predicted octanol–water partition coefficient (Wildman–Crippen LogP) is 1.72. The van der Waals surface area contributed by atoms with E-state index in [-0.39, 0.29) is 24.4 Å². The minimum absolute atomic E-state index is 0. The Kier molecular flexibility index (Phi) is 5.54. The molecule has 0 bridgehead atoms. The van der Waals surface area contributed by atoms with E-state index in [0.717, 1.165) is 6.42 Å². The van der Waals surface area contributed by atoms with Gasteiger partial charge in [-0.15, -0.1) is 12.4 Å². The second kappa shape index (κ2) is 6.87. The van der Waals surface area contributed by atoms with Crippen LogP contribution in [-0.4, -0.2) is 48.3 Å². The fourth-order valence-electron chi connectivity index (χ4n) is 3.01. The van der Waals surface area contributed by atoms with Gasteiger partial charge in [-0.3, -0.25) is 4.79 Å².